The van der Waals surface area contributed by atoms with Crippen LogP contribution in [0.15, 0.2) is 41.8 Å². The second-order valence-corrected chi connectivity index (χ2v) is 5.94. The molecular formula is C15H13ClN2O2S2. The van der Waals surface area contributed by atoms with Crippen molar-refractivity contribution in [1.29, 1.82) is 0 Å². The summed E-state index contributed by atoms with van der Waals surface area (Å²) in [4.78, 5) is 12.7. The molecule has 0 aliphatic rings. The Balaban J connectivity index is 1.89. The van der Waals surface area contributed by atoms with Gasteiger partial charge in [0.1, 0.15) is 5.75 Å². The predicted octanol–water partition coefficient (Wildman–Crippen LogP) is 3.94. The highest BCUT2D eigenvalue weighted by molar-refractivity contribution is 7.80. The number of nitrogens with one attached hydrogen (secondary N) is 2. The molecule has 0 spiro atoms. The third kappa shape index (κ3) is 4.84. The standard InChI is InChI=1S/C15H13ClN2O2S2/c1-20-13-6-4-10(9-12(13)16)17-15(21)18-14(19)7-5-11-3-2-8-22-11/h2-9H,1H3,(H2,17,18,19,21). The van der Waals surface area contributed by atoms with Crippen LogP contribution in [0.4, 0.5) is 5.69 Å². The Kier molecular flexibility index (Phi) is 5.94. The van der Waals surface area contributed by atoms with Crippen LogP contribution in [-0.2, 0) is 4.79 Å². The highest BCUT2D eigenvalue weighted by atomic mass is 35.5. The molecule has 2 N–H and O–H groups in total. The zero-order valence-electron chi connectivity index (χ0n) is 11.6. The molecule has 0 atom stereocenters. The van der Waals surface area contributed by atoms with E-state index in [9.17, 15) is 4.79 Å². The highest BCUT2D eigenvalue weighted by Crippen LogP contribution is 2.27. The van der Waals surface area contributed by atoms with Crippen LogP contribution in [0.1, 0.15) is 4.88 Å². The third-order valence-corrected chi connectivity index (χ3v) is 3.93. The van der Waals surface area contributed by atoms with E-state index < -0.39 is 0 Å². The molecule has 1 amide bonds. The van der Waals surface area contributed by atoms with Gasteiger partial charge in [-0.2, -0.15) is 0 Å². The first-order valence-corrected chi connectivity index (χ1v) is 7.92. The molecule has 7 heteroatoms. The van der Waals surface area contributed by atoms with Crippen molar-refractivity contribution < 1.29 is 9.53 Å². The molecule has 2 aromatic rings. The first-order valence-electron chi connectivity index (χ1n) is 6.25. The van der Waals surface area contributed by atoms with Crippen molar-refractivity contribution in [2.45, 2.75) is 0 Å². The Morgan fingerprint density at radius 3 is 2.86 bits per heavy atom. The summed E-state index contributed by atoms with van der Waals surface area (Å²) in [5.41, 5.74) is 0.665. The number of thiocarbonyl (C=S) groups is 1. The molecule has 0 aliphatic carbocycles. The number of hydrogen-bond acceptors (Lipinski definition) is 4. The Morgan fingerprint density at radius 2 is 2.23 bits per heavy atom. The van der Waals surface area contributed by atoms with Crippen molar-refractivity contribution >= 4 is 57.9 Å². The van der Waals surface area contributed by atoms with Gasteiger partial charge in [-0.15, -0.1) is 11.3 Å². The lowest BCUT2D eigenvalue weighted by atomic mass is 10.3. The van der Waals surface area contributed by atoms with Gasteiger partial charge in [0.15, 0.2) is 5.11 Å². The van der Waals surface area contributed by atoms with Crippen LogP contribution in [0.25, 0.3) is 6.08 Å². The van der Waals surface area contributed by atoms with E-state index in [0.717, 1.165) is 4.88 Å². The molecular weight excluding hydrogens is 340 g/mol. The number of anilines is 1. The molecule has 1 aromatic heterocycles. The molecule has 0 bridgehead atoms. The molecule has 0 aliphatic heterocycles. The smallest absolute Gasteiger partial charge is 0.250 e. The molecule has 22 heavy (non-hydrogen) atoms. The van der Waals surface area contributed by atoms with Gasteiger partial charge in [-0.05, 0) is 47.9 Å². The summed E-state index contributed by atoms with van der Waals surface area (Å²) in [5, 5.41) is 8.05. The molecule has 4 nitrogen and oxygen atoms in total. The fourth-order valence-corrected chi connectivity index (χ4v) is 2.70. The normalized spacial score (nSPS) is 10.5. The number of carbonyl (C=O) groups is 1. The van der Waals surface area contributed by atoms with E-state index in [1.54, 1.807) is 42.7 Å². The molecule has 0 radical (unpaired) electrons. The van der Waals surface area contributed by atoms with Crippen LogP contribution in [0.2, 0.25) is 5.02 Å². The fourth-order valence-electron chi connectivity index (χ4n) is 1.60. The fraction of sp³-hybridized carbons (Fsp3) is 0.0667. The Hall–Kier alpha value is -1.89. The summed E-state index contributed by atoms with van der Waals surface area (Å²) in [7, 11) is 1.54. The molecule has 0 saturated heterocycles. The third-order valence-electron chi connectivity index (χ3n) is 2.59. The Bertz CT molecular complexity index is 700. The minimum Gasteiger partial charge on any atom is -0.495 e. The van der Waals surface area contributed by atoms with Crippen molar-refractivity contribution in [3.63, 3.8) is 0 Å². The van der Waals surface area contributed by atoms with Gasteiger partial charge in [-0.1, -0.05) is 17.7 Å². The van der Waals surface area contributed by atoms with Crippen molar-refractivity contribution in [3.8, 4) is 5.75 Å². The maximum Gasteiger partial charge on any atom is 0.250 e. The number of halogens is 1. The van der Waals surface area contributed by atoms with Crippen molar-refractivity contribution in [2.75, 3.05) is 12.4 Å². The SMILES string of the molecule is COc1ccc(NC(=S)NC(=O)C=Cc2cccs2)cc1Cl. The molecule has 114 valence electrons. The summed E-state index contributed by atoms with van der Waals surface area (Å²) in [6.07, 6.45) is 3.16. The summed E-state index contributed by atoms with van der Waals surface area (Å²) in [6, 6.07) is 8.98. The van der Waals surface area contributed by atoms with Gasteiger partial charge in [-0.3, -0.25) is 10.1 Å². The molecule has 2 rings (SSSR count). The van der Waals surface area contributed by atoms with Crippen LogP contribution in [0.5, 0.6) is 5.75 Å². The second-order valence-electron chi connectivity index (χ2n) is 4.14. The topological polar surface area (TPSA) is 50.4 Å². The summed E-state index contributed by atoms with van der Waals surface area (Å²) in [6.45, 7) is 0. The average molecular weight is 353 g/mol. The van der Waals surface area contributed by atoms with Crippen molar-refractivity contribution in [2.24, 2.45) is 0 Å². The van der Waals surface area contributed by atoms with Crippen molar-refractivity contribution in [3.05, 3.63) is 51.7 Å². The number of methoxy groups -OCH3 is 1. The van der Waals surface area contributed by atoms with E-state index in [1.165, 1.54) is 6.08 Å². The maximum atomic E-state index is 11.7. The molecule has 1 heterocycles. The lowest BCUT2D eigenvalue weighted by Gasteiger charge is -2.10. The van der Waals surface area contributed by atoms with E-state index in [-0.39, 0.29) is 11.0 Å². The largest absolute Gasteiger partial charge is 0.495 e. The maximum absolute atomic E-state index is 11.7. The summed E-state index contributed by atoms with van der Waals surface area (Å²) < 4.78 is 5.07. The highest BCUT2D eigenvalue weighted by Gasteiger charge is 2.05. The van der Waals surface area contributed by atoms with Gasteiger partial charge < -0.3 is 10.1 Å². The van der Waals surface area contributed by atoms with E-state index in [1.807, 2.05) is 17.5 Å². The zero-order valence-corrected chi connectivity index (χ0v) is 14.0. The van der Waals surface area contributed by atoms with Gasteiger partial charge in [0.25, 0.3) is 0 Å². The molecule has 1 aromatic carbocycles. The van der Waals surface area contributed by atoms with Crippen molar-refractivity contribution in [1.82, 2.24) is 5.32 Å². The Morgan fingerprint density at radius 1 is 1.41 bits per heavy atom. The van der Waals surface area contributed by atoms with Crippen LogP contribution in [0.3, 0.4) is 0 Å². The van der Waals surface area contributed by atoms with Gasteiger partial charge >= 0.3 is 0 Å². The van der Waals surface area contributed by atoms with E-state index in [4.69, 9.17) is 28.6 Å². The number of carbonyl (C=O) groups excluding carboxylic acids is 1. The molecule has 0 saturated carbocycles. The number of hydrogen-bond donors (Lipinski definition) is 2. The van der Waals surface area contributed by atoms with Gasteiger partial charge in [0.2, 0.25) is 5.91 Å². The lowest BCUT2D eigenvalue weighted by molar-refractivity contribution is -0.115. The van der Waals surface area contributed by atoms with Crippen LogP contribution < -0.4 is 15.4 Å². The lowest BCUT2D eigenvalue weighted by Crippen LogP contribution is -2.32. The van der Waals surface area contributed by atoms with Gasteiger partial charge in [0.05, 0.1) is 12.1 Å². The number of amides is 1. The number of rotatable bonds is 4. The predicted molar refractivity (Wildman–Crippen MR) is 95.7 cm³/mol. The van der Waals surface area contributed by atoms with E-state index in [0.29, 0.717) is 16.5 Å². The van der Waals surface area contributed by atoms with Crippen LogP contribution in [0, 0.1) is 0 Å². The summed E-state index contributed by atoms with van der Waals surface area (Å²) in [5.74, 6) is 0.270. The first-order chi connectivity index (χ1) is 10.6. The average Bonchev–Trinajstić information content (AvgIpc) is 2.98. The number of benzene rings is 1. The van der Waals surface area contributed by atoms with Gasteiger partial charge in [-0.25, -0.2) is 0 Å². The minimum atomic E-state index is -0.300. The molecule has 0 unspecified atom stereocenters. The second kappa shape index (κ2) is 7.93. The van der Waals surface area contributed by atoms with E-state index in [2.05, 4.69) is 10.6 Å². The van der Waals surface area contributed by atoms with Crippen LogP contribution >= 0.6 is 35.2 Å². The quantitative estimate of drug-likeness (QED) is 0.646. The zero-order chi connectivity index (χ0) is 15.9. The minimum absolute atomic E-state index is 0.196. The number of ether oxygens (including phenoxy) is 1. The summed E-state index contributed by atoms with van der Waals surface area (Å²) >= 11 is 12.7. The number of thiophene rings is 1. The first kappa shape index (κ1) is 16.5. The monoisotopic (exact) mass is 352 g/mol. The van der Waals surface area contributed by atoms with E-state index >= 15 is 0 Å². The van der Waals surface area contributed by atoms with Crippen LogP contribution in [-0.4, -0.2) is 18.1 Å². The van der Waals surface area contributed by atoms with Gasteiger partial charge in [0, 0.05) is 16.6 Å². The Labute approximate surface area is 142 Å². The molecule has 0 fully saturated rings.